The smallest absolute Gasteiger partial charge is 0.146 e. The van der Waals surface area contributed by atoms with Crippen LogP contribution in [-0.2, 0) is 4.79 Å². The van der Waals surface area contributed by atoms with Gasteiger partial charge in [0.15, 0.2) is 0 Å². The maximum absolute atomic E-state index is 11.9. The largest absolute Gasteiger partial charge is 0.298 e. The fourth-order valence-corrected chi connectivity index (χ4v) is 3.52. The molecule has 0 spiro atoms. The van der Waals surface area contributed by atoms with Gasteiger partial charge in [0.05, 0.1) is 5.25 Å². The van der Waals surface area contributed by atoms with E-state index in [1.165, 1.54) is 16.9 Å². The number of hydrogen-bond acceptors (Lipinski definition) is 2. The summed E-state index contributed by atoms with van der Waals surface area (Å²) in [6, 6.07) is 8.33. The van der Waals surface area contributed by atoms with Gasteiger partial charge in [-0.2, -0.15) is 0 Å². The molecule has 0 radical (unpaired) electrons. The Kier molecular flexibility index (Phi) is 3.70. The summed E-state index contributed by atoms with van der Waals surface area (Å²) in [7, 11) is 0. The Labute approximate surface area is 102 Å². The van der Waals surface area contributed by atoms with Crippen molar-refractivity contribution in [2.75, 3.05) is 0 Å². The van der Waals surface area contributed by atoms with Crippen LogP contribution < -0.4 is 0 Å². The molecule has 2 heteroatoms. The van der Waals surface area contributed by atoms with E-state index >= 15 is 0 Å². The van der Waals surface area contributed by atoms with Gasteiger partial charge in [-0.05, 0) is 37.3 Å². The molecular formula is C14H18OS. The summed E-state index contributed by atoms with van der Waals surface area (Å²) in [5.74, 6) is 0.956. The zero-order valence-electron chi connectivity index (χ0n) is 9.90. The van der Waals surface area contributed by atoms with Gasteiger partial charge in [-0.15, -0.1) is 11.8 Å². The number of rotatable bonds is 2. The standard InChI is InChI=1S/C14H18OS/c1-10-6-3-4-9-13(10)16-14-11(2)7-5-8-12(14)15/h3-4,6,9,11,14H,5,7-8H2,1-2H3. The average Bonchev–Trinajstić information content (AvgIpc) is 2.26. The first-order valence-corrected chi connectivity index (χ1v) is 6.81. The minimum atomic E-state index is 0.176. The fraction of sp³-hybridized carbons (Fsp3) is 0.500. The van der Waals surface area contributed by atoms with E-state index in [0.717, 1.165) is 12.8 Å². The molecule has 1 aliphatic carbocycles. The first kappa shape index (κ1) is 11.7. The van der Waals surface area contributed by atoms with Crippen LogP contribution in [0.5, 0.6) is 0 Å². The van der Waals surface area contributed by atoms with E-state index in [-0.39, 0.29) is 5.25 Å². The van der Waals surface area contributed by atoms with Crippen molar-refractivity contribution in [1.29, 1.82) is 0 Å². The fourth-order valence-electron chi connectivity index (χ4n) is 2.22. The van der Waals surface area contributed by atoms with Crippen molar-refractivity contribution < 1.29 is 4.79 Å². The van der Waals surface area contributed by atoms with Gasteiger partial charge in [-0.3, -0.25) is 4.79 Å². The van der Waals surface area contributed by atoms with Gasteiger partial charge in [0, 0.05) is 11.3 Å². The zero-order valence-corrected chi connectivity index (χ0v) is 10.7. The monoisotopic (exact) mass is 234 g/mol. The lowest BCUT2D eigenvalue weighted by Crippen LogP contribution is -2.29. The van der Waals surface area contributed by atoms with Gasteiger partial charge < -0.3 is 0 Å². The van der Waals surface area contributed by atoms with Crippen LogP contribution in [0.4, 0.5) is 0 Å². The van der Waals surface area contributed by atoms with Crippen molar-refractivity contribution in [3.05, 3.63) is 29.8 Å². The summed E-state index contributed by atoms with van der Waals surface area (Å²) in [6.45, 7) is 4.31. The molecule has 2 unspecified atom stereocenters. The third kappa shape index (κ3) is 2.49. The van der Waals surface area contributed by atoms with Gasteiger partial charge in [0.1, 0.15) is 5.78 Å². The number of ketones is 1. The second-order valence-electron chi connectivity index (χ2n) is 4.64. The van der Waals surface area contributed by atoms with Crippen LogP contribution in [0.3, 0.4) is 0 Å². The molecule has 1 aromatic rings. The van der Waals surface area contributed by atoms with Gasteiger partial charge in [0.2, 0.25) is 0 Å². The van der Waals surface area contributed by atoms with E-state index in [2.05, 4.69) is 26.0 Å². The summed E-state index contributed by atoms with van der Waals surface area (Å²) in [4.78, 5) is 13.2. The van der Waals surface area contributed by atoms with Gasteiger partial charge >= 0.3 is 0 Å². The van der Waals surface area contributed by atoms with Crippen molar-refractivity contribution >= 4 is 17.5 Å². The lowest BCUT2D eigenvalue weighted by molar-refractivity contribution is -0.120. The molecule has 0 aromatic heterocycles. The molecule has 0 heterocycles. The van der Waals surface area contributed by atoms with Crippen LogP contribution in [0.15, 0.2) is 29.2 Å². The number of carbonyl (C=O) groups is 1. The Morgan fingerprint density at radius 3 is 2.75 bits per heavy atom. The van der Waals surface area contributed by atoms with Gasteiger partial charge in [-0.1, -0.05) is 25.1 Å². The van der Waals surface area contributed by atoms with Crippen molar-refractivity contribution in [1.82, 2.24) is 0 Å². The summed E-state index contributed by atoms with van der Waals surface area (Å²) < 4.78 is 0. The van der Waals surface area contributed by atoms with Crippen molar-refractivity contribution in [2.45, 2.75) is 43.3 Å². The molecule has 86 valence electrons. The van der Waals surface area contributed by atoms with Crippen LogP contribution in [0.1, 0.15) is 31.7 Å². The first-order valence-electron chi connectivity index (χ1n) is 5.93. The van der Waals surface area contributed by atoms with Crippen LogP contribution >= 0.6 is 11.8 Å². The Morgan fingerprint density at radius 2 is 2.06 bits per heavy atom. The van der Waals surface area contributed by atoms with E-state index in [1.807, 2.05) is 12.1 Å². The summed E-state index contributed by atoms with van der Waals surface area (Å²) >= 11 is 1.76. The molecule has 1 fully saturated rings. The molecule has 0 aliphatic heterocycles. The molecule has 0 N–H and O–H groups in total. The maximum atomic E-state index is 11.9. The Bertz CT molecular complexity index is 386. The van der Waals surface area contributed by atoms with Crippen molar-refractivity contribution in [2.24, 2.45) is 5.92 Å². The zero-order chi connectivity index (χ0) is 11.5. The number of benzene rings is 1. The molecule has 1 nitrogen and oxygen atoms in total. The van der Waals surface area contributed by atoms with Gasteiger partial charge in [0.25, 0.3) is 0 Å². The average molecular weight is 234 g/mol. The SMILES string of the molecule is Cc1ccccc1SC1C(=O)CCCC1C. The van der Waals surface area contributed by atoms with E-state index in [4.69, 9.17) is 0 Å². The number of hydrogen-bond donors (Lipinski definition) is 0. The van der Waals surface area contributed by atoms with Crippen molar-refractivity contribution in [3.8, 4) is 0 Å². The third-order valence-corrected chi connectivity index (χ3v) is 4.96. The molecule has 1 aliphatic rings. The highest BCUT2D eigenvalue weighted by molar-refractivity contribution is 8.00. The minimum absolute atomic E-state index is 0.176. The van der Waals surface area contributed by atoms with E-state index in [0.29, 0.717) is 11.7 Å². The number of carbonyl (C=O) groups excluding carboxylic acids is 1. The highest BCUT2D eigenvalue weighted by Crippen LogP contribution is 2.36. The number of thioether (sulfide) groups is 1. The van der Waals surface area contributed by atoms with E-state index in [9.17, 15) is 4.79 Å². The normalized spacial score (nSPS) is 25.8. The van der Waals surface area contributed by atoms with Crippen LogP contribution in [0.2, 0.25) is 0 Å². The topological polar surface area (TPSA) is 17.1 Å². The van der Waals surface area contributed by atoms with Crippen LogP contribution in [0, 0.1) is 12.8 Å². The molecule has 1 aromatic carbocycles. The molecule has 1 saturated carbocycles. The summed E-state index contributed by atoms with van der Waals surface area (Å²) in [6.07, 6.45) is 3.04. The molecular weight excluding hydrogens is 216 g/mol. The van der Waals surface area contributed by atoms with Crippen LogP contribution in [0.25, 0.3) is 0 Å². The molecule has 0 saturated heterocycles. The molecule has 0 bridgehead atoms. The molecule has 2 rings (SSSR count). The van der Waals surface area contributed by atoms with Crippen LogP contribution in [-0.4, -0.2) is 11.0 Å². The van der Waals surface area contributed by atoms with E-state index < -0.39 is 0 Å². The maximum Gasteiger partial charge on any atom is 0.146 e. The second-order valence-corrected chi connectivity index (χ2v) is 5.82. The number of Topliss-reactive ketones (excluding diaryl/α,β-unsaturated/α-hetero) is 1. The minimum Gasteiger partial charge on any atom is -0.298 e. The van der Waals surface area contributed by atoms with Gasteiger partial charge in [-0.25, -0.2) is 0 Å². The third-order valence-electron chi connectivity index (χ3n) is 3.26. The lowest BCUT2D eigenvalue weighted by atomic mass is 9.89. The van der Waals surface area contributed by atoms with E-state index in [1.54, 1.807) is 11.8 Å². The Morgan fingerprint density at radius 1 is 1.31 bits per heavy atom. The Hall–Kier alpha value is -0.760. The quantitative estimate of drug-likeness (QED) is 0.773. The predicted molar refractivity (Wildman–Crippen MR) is 68.8 cm³/mol. The van der Waals surface area contributed by atoms with Crippen molar-refractivity contribution in [3.63, 3.8) is 0 Å². The second kappa shape index (κ2) is 5.05. The molecule has 0 amide bonds. The summed E-state index contributed by atoms with van der Waals surface area (Å²) in [5.41, 5.74) is 1.28. The highest BCUT2D eigenvalue weighted by Gasteiger charge is 2.29. The lowest BCUT2D eigenvalue weighted by Gasteiger charge is -2.27. The molecule has 16 heavy (non-hydrogen) atoms. The number of aryl methyl sites for hydroxylation is 1. The first-order chi connectivity index (χ1) is 7.68. The predicted octanol–water partition coefficient (Wildman–Crippen LogP) is 3.84. The molecule has 2 atom stereocenters. The Balaban J connectivity index is 2.14. The highest BCUT2D eigenvalue weighted by atomic mass is 32.2. The summed E-state index contributed by atoms with van der Waals surface area (Å²) in [5, 5.41) is 0.176.